The molecule has 0 saturated carbocycles. The van der Waals surface area contributed by atoms with E-state index >= 15 is 0 Å². The number of nitrogens with zero attached hydrogens (tertiary/aromatic N) is 1. The molecule has 0 unspecified atom stereocenters. The van der Waals surface area contributed by atoms with Gasteiger partial charge in [-0.3, -0.25) is 5.43 Å². The highest BCUT2D eigenvalue weighted by atomic mass is 32.1. The second-order valence-electron chi connectivity index (χ2n) is 5.18. The van der Waals surface area contributed by atoms with Crippen molar-refractivity contribution in [2.45, 2.75) is 0 Å². The molecule has 3 aromatic carbocycles. The Bertz CT molecular complexity index is 813. The fraction of sp³-hybridized carbons (Fsp3) is 0. The van der Waals surface area contributed by atoms with E-state index in [0.717, 1.165) is 11.3 Å². The van der Waals surface area contributed by atoms with Crippen molar-refractivity contribution in [2.24, 2.45) is 5.10 Å². The standard InChI is InChI=1S/C20H17N3S/c24-20(22-19-9-5-2-6-10-19)23-21-15-16-11-13-18(14-12-16)17-7-3-1-4-8-17/h1-15H,(H2,22,23,24)/b21-15-. The Morgan fingerprint density at radius 2 is 1.33 bits per heavy atom. The molecule has 3 rings (SSSR count). The Morgan fingerprint density at radius 3 is 2.00 bits per heavy atom. The van der Waals surface area contributed by atoms with Gasteiger partial charge in [0.05, 0.1) is 6.21 Å². The van der Waals surface area contributed by atoms with Crippen molar-refractivity contribution in [2.75, 3.05) is 5.32 Å². The van der Waals surface area contributed by atoms with Crippen LogP contribution in [0.5, 0.6) is 0 Å². The Kier molecular flexibility index (Phi) is 5.32. The van der Waals surface area contributed by atoms with Crippen LogP contribution >= 0.6 is 12.2 Å². The number of hydrogen-bond acceptors (Lipinski definition) is 2. The van der Waals surface area contributed by atoms with Crippen molar-refractivity contribution >= 4 is 29.2 Å². The molecule has 0 aliphatic rings. The number of hydrazone groups is 1. The van der Waals surface area contributed by atoms with E-state index in [4.69, 9.17) is 12.2 Å². The molecule has 0 spiro atoms. The molecule has 0 aromatic heterocycles. The molecule has 0 radical (unpaired) electrons. The van der Waals surface area contributed by atoms with Crippen molar-refractivity contribution in [3.05, 3.63) is 90.5 Å². The molecule has 0 aliphatic heterocycles. The van der Waals surface area contributed by atoms with Gasteiger partial charge in [-0.25, -0.2) is 0 Å². The fourth-order valence-corrected chi connectivity index (χ4v) is 2.41. The largest absolute Gasteiger partial charge is 0.331 e. The van der Waals surface area contributed by atoms with Crippen LogP contribution in [0.2, 0.25) is 0 Å². The number of thiocarbonyl (C=S) groups is 1. The summed E-state index contributed by atoms with van der Waals surface area (Å²) in [5, 5.41) is 7.68. The van der Waals surface area contributed by atoms with Gasteiger partial charge in [-0.15, -0.1) is 0 Å². The first-order valence-electron chi connectivity index (χ1n) is 7.62. The number of rotatable bonds is 4. The molecule has 0 bridgehead atoms. The maximum atomic E-state index is 5.20. The van der Waals surface area contributed by atoms with Gasteiger partial charge in [-0.1, -0.05) is 72.8 Å². The molecule has 3 aromatic rings. The Labute approximate surface area is 147 Å². The van der Waals surface area contributed by atoms with Gasteiger partial charge in [0.2, 0.25) is 0 Å². The maximum absolute atomic E-state index is 5.20. The van der Waals surface area contributed by atoms with Crippen LogP contribution in [0.4, 0.5) is 5.69 Å². The quantitative estimate of drug-likeness (QED) is 0.414. The number of hydrogen-bond donors (Lipinski definition) is 2. The lowest BCUT2D eigenvalue weighted by atomic mass is 10.0. The van der Waals surface area contributed by atoms with Gasteiger partial charge in [0.25, 0.3) is 0 Å². The van der Waals surface area contributed by atoms with Crippen LogP contribution in [-0.2, 0) is 0 Å². The predicted octanol–water partition coefficient (Wildman–Crippen LogP) is 4.67. The van der Waals surface area contributed by atoms with Crippen LogP contribution in [0.3, 0.4) is 0 Å². The molecule has 0 atom stereocenters. The molecule has 0 saturated heterocycles. The minimum Gasteiger partial charge on any atom is -0.331 e. The lowest BCUT2D eigenvalue weighted by Crippen LogP contribution is -2.23. The number of para-hydroxylation sites is 1. The lowest BCUT2D eigenvalue weighted by molar-refractivity contribution is 1.05. The monoisotopic (exact) mass is 331 g/mol. The van der Waals surface area contributed by atoms with Crippen LogP contribution < -0.4 is 10.7 Å². The molecule has 2 N–H and O–H groups in total. The SMILES string of the molecule is S=C(N/N=C\c1ccc(-c2ccccc2)cc1)Nc1ccccc1. The van der Waals surface area contributed by atoms with E-state index in [1.807, 2.05) is 60.7 Å². The molecular weight excluding hydrogens is 314 g/mol. The van der Waals surface area contributed by atoms with Gasteiger partial charge in [-0.05, 0) is 41.0 Å². The highest BCUT2D eigenvalue weighted by Gasteiger charge is 1.97. The number of benzene rings is 3. The Balaban J connectivity index is 1.56. The van der Waals surface area contributed by atoms with Gasteiger partial charge in [0.15, 0.2) is 5.11 Å². The molecule has 4 heteroatoms. The van der Waals surface area contributed by atoms with E-state index in [9.17, 15) is 0 Å². The summed E-state index contributed by atoms with van der Waals surface area (Å²) >= 11 is 5.20. The van der Waals surface area contributed by atoms with Crippen LogP contribution in [0.15, 0.2) is 90.0 Å². The second-order valence-corrected chi connectivity index (χ2v) is 5.59. The highest BCUT2D eigenvalue weighted by Crippen LogP contribution is 2.18. The zero-order valence-electron chi connectivity index (χ0n) is 13.0. The van der Waals surface area contributed by atoms with Crippen LogP contribution in [0, 0.1) is 0 Å². The lowest BCUT2D eigenvalue weighted by Gasteiger charge is -2.06. The molecule has 0 fully saturated rings. The summed E-state index contributed by atoms with van der Waals surface area (Å²) in [7, 11) is 0. The summed E-state index contributed by atoms with van der Waals surface area (Å²) < 4.78 is 0. The summed E-state index contributed by atoms with van der Waals surface area (Å²) in [5.74, 6) is 0. The third kappa shape index (κ3) is 4.51. The molecular formula is C20H17N3S. The van der Waals surface area contributed by atoms with Crippen molar-refractivity contribution in [3.8, 4) is 11.1 Å². The topological polar surface area (TPSA) is 36.4 Å². The van der Waals surface area contributed by atoms with Crippen LogP contribution in [0.25, 0.3) is 11.1 Å². The van der Waals surface area contributed by atoms with E-state index in [1.54, 1.807) is 6.21 Å². The summed E-state index contributed by atoms with van der Waals surface area (Å²) in [6.07, 6.45) is 1.74. The predicted molar refractivity (Wildman–Crippen MR) is 105 cm³/mol. The van der Waals surface area contributed by atoms with E-state index < -0.39 is 0 Å². The van der Waals surface area contributed by atoms with Crippen molar-refractivity contribution in [1.29, 1.82) is 0 Å². The number of anilines is 1. The third-order valence-corrected chi connectivity index (χ3v) is 3.62. The van der Waals surface area contributed by atoms with Gasteiger partial charge in [0, 0.05) is 5.69 Å². The van der Waals surface area contributed by atoms with E-state index in [-0.39, 0.29) is 0 Å². The summed E-state index contributed by atoms with van der Waals surface area (Å²) in [6.45, 7) is 0. The molecule has 0 heterocycles. The van der Waals surface area contributed by atoms with Gasteiger partial charge in [0.1, 0.15) is 0 Å². The first-order valence-corrected chi connectivity index (χ1v) is 8.03. The Hall–Kier alpha value is -2.98. The second kappa shape index (κ2) is 8.04. The summed E-state index contributed by atoms with van der Waals surface area (Å²) in [4.78, 5) is 0. The normalized spacial score (nSPS) is 10.5. The van der Waals surface area contributed by atoms with Crippen molar-refractivity contribution in [3.63, 3.8) is 0 Å². The number of nitrogens with one attached hydrogen (secondary N) is 2. The zero-order chi connectivity index (χ0) is 16.6. The average Bonchev–Trinajstić information content (AvgIpc) is 2.64. The third-order valence-electron chi connectivity index (χ3n) is 3.43. The van der Waals surface area contributed by atoms with Gasteiger partial charge in [-0.2, -0.15) is 5.10 Å². The van der Waals surface area contributed by atoms with E-state index in [2.05, 4.69) is 40.1 Å². The van der Waals surface area contributed by atoms with Crippen LogP contribution in [-0.4, -0.2) is 11.3 Å². The summed E-state index contributed by atoms with van der Waals surface area (Å²) in [6, 6.07) is 28.2. The smallest absolute Gasteiger partial charge is 0.191 e. The molecule has 0 amide bonds. The molecule has 24 heavy (non-hydrogen) atoms. The average molecular weight is 331 g/mol. The van der Waals surface area contributed by atoms with Gasteiger partial charge >= 0.3 is 0 Å². The Morgan fingerprint density at radius 1 is 0.750 bits per heavy atom. The zero-order valence-corrected chi connectivity index (χ0v) is 13.8. The first kappa shape index (κ1) is 15.9. The minimum atomic E-state index is 0.457. The van der Waals surface area contributed by atoms with E-state index in [0.29, 0.717) is 5.11 Å². The first-order chi connectivity index (χ1) is 11.8. The van der Waals surface area contributed by atoms with E-state index in [1.165, 1.54) is 11.1 Å². The van der Waals surface area contributed by atoms with Crippen molar-refractivity contribution in [1.82, 2.24) is 5.43 Å². The van der Waals surface area contributed by atoms with Crippen LogP contribution in [0.1, 0.15) is 5.56 Å². The molecule has 118 valence electrons. The van der Waals surface area contributed by atoms with Crippen molar-refractivity contribution < 1.29 is 0 Å². The minimum absolute atomic E-state index is 0.457. The van der Waals surface area contributed by atoms with Gasteiger partial charge < -0.3 is 5.32 Å². The summed E-state index contributed by atoms with van der Waals surface area (Å²) in [5.41, 5.74) is 7.13. The maximum Gasteiger partial charge on any atom is 0.191 e. The molecule has 0 aliphatic carbocycles. The highest BCUT2D eigenvalue weighted by molar-refractivity contribution is 7.80. The molecule has 3 nitrogen and oxygen atoms in total. The fourth-order valence-electron chi connectivity index (χ4n) is 2.24.